The number of aromatic nitrogens is 1. The summed E-state index contributed by atoms with van der Waals surface area (Å²) in [6.45, 7) is 0.257. The number of hydrogen-bond donors (Lipinski definition) is 1. The SMILES string of the molecule is O=C(O)/C(=C/c1cccc(OCc2ccc(Cl)cc2Cl)c1)Sc1nc2ccccc2o1. The van der Waals surface area contributed by atoms with Crippen molar-refractivity contribution in [1.82, 2.24) is 4.98 Å². The summed E-state index contributed by atoms with van der Waals surface area (Å²) >= 11 is 13.0. The third-order valence-electron chi connectivity index (χ3n) is 4.25. The van der Waals surface area contributed by atoms with Crippen LogP contribution in [0.1, 0.15) is 11.1 Å². The fourth-order valence-electron chi connectivity index (χ4n) is 2.77. The van der Waals surface area contributed by atoms with E-state index in [0.29, 0.717) is 32.5 Å². The van der Waals surface area contributed by atoms with Gasteiger partial charge in [-0.15, -0.1) is 0 Å². The molecule has 0 amide bonds. The van der Waals surface area contributed by atoms with Gasteiger partial charge >= 0.3 is 5.97 Å². The molecule has 1 aromatic heterocycles. The quantitative estimate of drug-likeness (QED) is 0.232. The first kappa shape index (κ1) is 21.3. The molecule has 0 saturated heterocycles. The number of carboxylic acids is 1. The number of benzene rings is 3. The van der Waals surface area contributed by atoms with Crippen LogP contribution in [0.3, 0.4) is 0 Å². The van der Waals surface area contributed by atoms with Crippen molar-refractivity contribution in [2.45, 2.75) is 11.8 Å². The Kier molecular flexibility index (Phi) is 6.51. The van der Waals surface area contributed by atoms with E-state index < -0.39 is 5.97 Å². The van der Waals surface area contributed by atoms with E-state index in [2.05, 4.69) is 4.98 Å². The maximum atomic E-state index is 11.8. The monoisotopic (exact) mass is 471 g/mol. The molecule has 0 saturated carbocycles. The van der Waals surface area contributed by atoms with Crippen LogP contribution in [0, 0.1) is 0 Å². The number of hydrogen-bond acceptors (Lipinski definition) is 5. The first-order chi connectivity index (χ1) is 15.0. The van der Waals surface area contributed by atoms with E-state index in [1.807, 2.05) is 12.1 Å². The van der Waals surface area contributed by atoms with Gasteiger partial charge in [-0.1, -0.05) is 53.5 Å². The van der Waals surface area contributed by atoms with Crippen molar-refractivity contribution < 1.29 is 19.1 Å². The van der Waals surface area contributed by atoms with E-state index in [1.165, 1.54) is 0 Å². The third-order valence-corrected chi connectivity index (χ3v) is 5.70. The lowest BCUT2D eigenvalue weighted by Crippen LogP contribution is -1.98. The van der Waals surface area contributed by atoms with Crippen molar-refractivity contribution in [2.24, 2.45) is 0 Å². The van der Waals surface area contributed by atoms with Gasteiger partial charge in [-0.3, -0.25) is 0 Å². The lowest BCUT2D eigenvalue weighted by Gasteiger charge is -2.09. The molecule has 0 atom stereocenters. The number of para-hydroxylation sites is 2. The summed E-state index contributed by atoms with van der Waals surface area (Å²) in [7, 11) is 0. The Morgan fingerprint density at radius 3 is 2.71 bits per heavy atom. The van der Waals surface area contributed by atoms with Gasteiger partial charge in [0.15, 0.2) is 5.58 Å². The smallest absolute Gasteiger partial charge is 0.342 e. The van der Waals surface area contributed by atoms with Gasteiger partial charge in [0.25, 0.3) is 5.22 Å². The van der Waals surface area contributed by atoms with Crippen molar-refractivity contribution in [3.05, 3.63) is 92.8 Å². The first-order valence-electron chi connectivity index (χ1n) is 9.13. The van der Waals surface area contributed by atoms with Gasteiger partial charge in [0.1, 0.15) is 22.8 Å². The van der Waals surface area contributed by atoms with Gasteiger partial charge in [0.2, 0.25) is 0 Å². The number of aliphatic carboxylic acids is 1. The van der Waals surface area contributed by atoms with Crippen LogP contribution in [-0.4, -0.2) is 16.1 Å². The number of carbonyl (C=O) groups is 1. The molecule has 8 heteroatoms. The topological polar surface area (TPSA) is 72.6 Å². The highest BCUT2D eigenvalue weighted by atomic mass is 35.5. The number of oxazole rings is 1. The molecule has 0 aliphatic heterocycles. The molecule has 3 aromatic carbocycles. The number of thioether (sulfide) groups is 1. The molecule has 0 aliphatic carbocycles. The Hall–Kier alpha value is -2.93. The van der Waals surface area contributed by atoms with Crippen molar-refractivity contribution in [3.63, 3.8) is 0 Å². The average Bonchev–Trinajstić information content (AvgIpc) is 3.15. The Morgan fingerprint density at radius 1 is 1.10 bits per heavy atom. The van der Waals surface area contributed by atoms with Gasteiger partial charge in [-0.25, -0.2) is 9.78 Å². The molecule has 1 heterocycles. The Labute approximate surface area is 192 Å². The molecule has 1 N–H and O–H groups in total. The van der Waals surface area contributed by atoms with Crippen LogP contribution >= 0.6 is 35.0 Å². The van der Waals surface area contributed by atoms with Gasteiger partial charge in [-0.05, 0) is 59.8 Å². The van der Waals surface area contributed by atoms with Crippen molar-refractivity contribution in [1.29, 1.82) is 0 Å². The Morgan fingerprint density at radius 2 is 1.94 bits per heavy atom. The zero-order valence-electron chi connectivity index (χ0n) is 15.9. The summed E-state index contributed by atoms with van der Waals surface area (Å²) in [5, 5.41) is 11.0. The lowest BCUT2D eigenvalue weighted by molar-refractivity contribution is -0.131. The predicted octanol–water partition coefficient (Wildman–Crippen LogP) is 6.93. The molecule has 0 aliphatic rings. The highest BCUT2D eigenvalue weighted by Crippen LogP contribution is 2.31. The molecule has 0 spiro atoms. The number of halogens is 2. The average molecular weight is 472 g/mol. The van der Waals surface area contributed by atoms with Gasteiger partial charge in [0, 0.05) is 15.6 Å². The largest absolute Gasteiger partial charge is 0.489 e. The summed E-state index contributed by atoms with van der Waals surface area (Å²) in [5.41, 5.74) is 2.74. The number of ether oxygens (including phenoxy) is 1. The van der Waals surface area contributed by atoms with E-state index in [4.69, 9.17) is 32.4 Å². The van der Waals surface area contributed by atoms with Crippen LogP contribution in [-0.2, 0) is 11.4 Å². The summed E-state index contributed by atoms with van der Waals surface area (Å²) < 4.78 is 11.4. The van der Waals surface area contributed by atoms with Crippen LogP contribution in [0.25, 0.3) is 17.2 Å². The Bertz CT molecular complexity index is 1250. The molecule has 156 valence electrons. The minimum absolute atomic E-state index is 0.0736. The lowest BCUT2D eigenvalue weighted by atomic mass is 10.2. The molecule has 31 heavy (non-hydrogen) atoms. The zero-order chi connectivity index (χ0) is 21.8. The summed E-state index contributed by atoms with van der Waals surface area (Å²) in [4.78, 5) is 16.2. The van der Waals surface area contributed by atoms with Gasteiger partial charge in [0.05, 0.1) is 0 Å². The molecule has 0 unspecified atom stereocenters. The van der Waals surface area contributed by atoms with Gasteiger partial charge in [-0.2, -0.15) is 0 Å². The minimum atomic E-state index is -1.08. The Balaban J connectivity index is 1.52. The minimum Gasteiger partial charge on any atom is -0.489 e. The fraction of sp³-hybridized carbons (Fsp3) is 0.0435. The highest BCUT2D eigenvalue weighted by Gasteiger charge is 2.15. The van der Waals surface area contributed by atoms with Crippen molar-refractivity contribution in [3.8, 4) is 5.75 Å². The van der Waals surface area contributed by atoms with E-state index in [9.17, 15) is 9.90 Å². The number of fused-ring (bicyclic) bond motifs is 1. The molecular formula is C23H15Cl2NO4S. The molecule has 0 radical (unpaired) electrons. The molecule has 4 aromatic rings. The first-order valence-corrected chi connectivity index (χ1v) is 10.7. The van der Waals surface area contributed by atoms with Crippen LogP contribution in [0.4, 0.5) is 0 Å². The second-order valence-corrected chi connectivity index (χ2v) is 8.30. The van der Waals surface area contributed by atoms with Crippen molar-refractivity contribution in [2.75, 3.05) is 0 Å². The maximum absolute atomic E-state index is 11.8. The number of nitrogens with zero attached hydrogens (tertiary/aromatic N) is 1. The normalized spacial score (nSPS) is 11.6. The molecule has 0 bridgehead atoms. The number of rotatable bonds is 7. The fourth-order valence-corrected chi connectivity index (χ4v) is 3.98. The molecular weight excluding hydrogens is 457 g/mol. The van der Waals surface area contributed by atoms with E-state index >= 15 is 0 Å². The van der Waals surface area contributed by atoms with Crippen LogP contribution in [0.5, 0.6) is 5.75 Å². The molecule has 0 fully saturated rings. The standard InChI is InChI=1S/C23H15Cl2NO4S/c24-16-9-8-15(18(25)12-16)13-29-17-5-3-4-14(10-17)11-21(22(27)28)31-23-26-19-6-1-2-7-20(19)30-23/h1-12H,13H2,(H,27,28)/b21-11-. The molecule has 4 rings (SSSR count). The number of carboxylic acid groups (broad SMARTS) is 1. The van der Waals surface area contributed by atoms with Crippen LogP contribution < -0.4 is 4.74 Å². The summed E-state index contributed by atoms with van der Waals surface area (Å²) in [6, 6.07) is 19.6. The van der Waals surface area contributed by atoms with E-state index in [1.54, 1.807) is 60.7 Å². The second-order valence-electron chi connectivity index (χ2n) is 6.46. The van der Waals surface area contributed by atoms with Crippen LogP contribution in [0.2, 0.25) is 10.0 Å². The maximum Gasteiger partial charge on any atom is 0.342 e. The van der Waals surface area contributed by atoms with Gasteiger partial charge < -0.3 is 14.3 Å². The highest BCUT2D eigenvalue weighted by molar-refractivity contribution is 8.03. The third kappa shape index (κ3) is 5.41. The molecule has 5 nitrogen and oxygen atoms in total. The summed E-state index contributed by atoms with van der Waals surface area (Å²) in [6.07, 6.45) is 1.55. The predicted molar refractivity (Wildman–Crippen MR) is 123 cm³/mol. The van der Waals surface area contributed by atoms with E-state index in [-0.39, 0.29) is 16.7 Å². The second kappa shape index (κ2) is 9.47. The summed E-state index contributed by atoms with van der Waals surface area (Å²) in [5.74, 6) is -0.497. The van der Waals surface area contributed by atoms with E-state index in [0.717, 1.165) is 17.3 Å². The van der Waals surface area contributed by atoms with Crippen molar-refractivity contribution >= 4 is 58.1 Å². The van der Waals surface area contributed by atoms with Crippen LogP contribution in [0.15, 0.2) is 81.3 Å². The zero-order valence-corrected chi connectivity index (χ0v) is 18.2.